The van der Waals surface area contributed by atoms with Gasteiger partial charge in [-0.25, -0.2) is 16.8 Å². The van der Waals surface area contributed by atoms with Crippen molar-refractivity contribution in [2.75, 3.05) is 33.4 Å². The lowest BCUT2D eigenvalue weighted by Crippen LogP contribution is -3.10. The van der Waals surface area contributed by atoms with Crippen LogP contribution in [0.3, 0.4) is 0 Å². The van der Waals surface area contributed by atoms with Crippen molar-refractivity contribution in [3.8, 4) is 0 Å². The molecule has 0 aliphatic carbocycles. The van der Waals surface area contributed by atoms with Gasteiger partial charge in [-0.15, -0.1) is 0 Å². The van der Waals surface area contributed by atoms with Gasteiger partial charge in [0.25, 0.3) is 0 Å². The normalized spacial score (nSPS) is 20.2. The van der Waals surface area contributed by atoms with Crippen LogP contribution in [0.4, 0.5) is 26.3 Å². The van der Waals surface area contributed by atoms with Gasteiger partial charge in [0.2, 0.25) is 0 Å². The third-order valence-corrected chi connectivity index (χ3v) is 5.75. The molecule has 0 bridgehead atoms. The molecule has 1 aliphatic rings. The minimum atomic E-state index is -6.72. The molecule has 152 valence electrons. The Morgan fingerprint density at radius 1 is 1.00 bits per heavy atom. The molecule has 0 spiro atoms. The quantitative estimate of drug-likeness (QED) is 0.656. The van der Waals surface area contributed by atoms with E-state index in [0.717, 1.165) is 4.13 Å². The summed E-state index contributed by atoms with van der Waals surface area (Å²) in [6, 6.07) is 0. The van der Waals surface area contributed by atoms with E-state index in [1.54, 1.807) is 4.90 Å². The molecular weight excluding hydrogens is 404 g/mol. The average molecular weight is 423 g/mol. The molecule has 7 nitrogen and oxygen atoms in total. The van der Waals surface area contributed by atoms with E-state index < -0.39 is 31.1 Å². The molecule has 0 saturated carbocycles. The number of quaternary nitrogens is 1. The highest BCUT2D eigenvalue weighted by Crippen LogP contribution is 2.36. The van der Waals surface area contributed by atoms with Crippen molar-refractivity contribution in [2.45, 2.75) is 30.8 Å². The summed E-state index contributed by atoms with van der Waals surface area (Å²) in [4.78, 5) is 4.18. The number of halogens is 6. The van der Waals surface area contributed by atoms with Gasteiger partial charge in [-0.2, -0.15) is 26.3 Å². The third kappa shape index (κ3) is 8.06. The molecule has 1 fully saturated rings. The number of rotatable bonds is 5. The number of likely N-dealkylation sites (N-methyl/N-ethyl adjacent to an activating group) is 1. The molecular formula is C10H19F6N3O4S2. The molecule has 1 saturated heterocycles. The number of hydrogen-bond acceptors (Lipinski definition) is 5. The second kappa shape index (κ2) is 8.83. The highest BCUT2D eigenvalue weighted by Gasteiger charge is 2.46. The minimum Gasteiger partial charge on any atom is -0.421 e. The molecule has 1 aliphatic heterocycles. The van der Waals surface area contributed by atoms with E-state index in [1.807, 2.05) is 0 Å². The maximum atomic E-state index is 11.4. The van der Waals surface area contributed by atoms with E-state index in [4.69, 9.17) is 0 Å². The van der Waals surface area contributed by atoms with E-state index in [-0.39, 0.29) is 0 Å². The van der Waals surface area contributed by atoms with Crippen molar-refractivity contribution >= 4 is 20.0 Å². The van der Waals surface area contributed by atoms with Gasteiger partial charge in [-0.3, -0.25) is 4.90 Å². The average Bonchev–Trinajstić information content (AvgIpc) is 2.79. The Morgan fingerprint density at radius 2 is 1.44 bits per heavy atom. The highest BCUT2D eigenvalue weighted by atomic mass is 32.3. The summed E-state index contributed by atoms with van der Waals surface area (Å²) in [5, 5.41) is 0. The summed E-state index contributed by atoms with van der Waals surface area (Å²) < 4.78 is 109. The van der Waals surface area contributed by atoms with E-state index in [1.165, 1.54) is 39.1 Å². The fourth-order valence-electron chi connectivity index (χ4n) is 1.73. The van der Waals surface area contributed by atoms with Gasteiger partial charge in [-0.05, 0) is 13.5 Å². The molecule has 25 heavy (non-hydrogen) atoms. The first-order chi connectivity index (χ1) is 11.0. The summed E-state index contributed by atoms with van der Waals surface area (Å²) in [5.74, 6) is 0. The summed E-state index contributed by atoms with van der Waals surface area (Å²) in [5.41, 5.74) is -12.4. The third-order valence-electron chi connectivity index (χ3n) is 3.01. The number of hydrogen-bond donors (Lipinski definition) is 1. The first kappa shape index (κ1) is 24.4. The minimum absolute atomic E-state index is 0.778. The van der Waals surface area contributed by atoms with Gasteiger partial charge < -0.3 is 9.03 Å². The number of nitrogens with zero attached hydrogens (tertiary/aromatic N) is 2. The molecule has 0 radical (unpaired) electrons. The van der Waals surface area contributed by atoms with Crippen LogP contribution in [0.25, 0.3) is 4.13 Å². The molecule has 0 aromatic rings. The fourth-order valence-corrected chi connectivity index (χ4v) is 3.44. The van der Waals surface area contributed by atoms with E-state index in [2.05, 4.69) is 18.9 Å². The predicted octanol–water partition coefficient (Wildman–Crippen LogP) is 0.634. The van der Waals surface area contributed by atoms with Crippen LogP contribution in [0.5, 0.6) is 0 Å². The molecule has 0 amide bonds. The van der Waals surface area contributed by atoms with Gasteiger partial charge in [-0.1, -0.05) is 13.3 Å². The Kier molecular flexibility index (Phi) is 8.61. The van der Waals surface area contributed by atoms with Gasteiger partial charge in [0.05, 0.1) is 19.6 Å². The van der Waals surface area contributed by atoms with Crippen LogP contribution in [-0.4, -0.2) is 66.1 Å². The molecule has 15 heteroatoms. The molecule has 1 heterocycles. The second-order valence-corrected chi connectivity index (χ2v) is 8.68. The van der Waals surface area contributed by atoms with Crippen LogP contribution < -0.4 is 4.90 Å². The van der Waals surface area contributed by atoms with Gasteiger partial charge in [0.1, 0.15) is 6.67 Å². The summed E-state index contributed by atoms with van der Waals surface area (Å²) in [6.45, 7) is 7.55. The van der Waals surface area contributed by atoms with Crippen molar-refractivity contribution < 1.29 is 48.1 Å². The lowest BCUT2D eigenvalue weighted by atomic mass is 10.3. The number of nitrogens with one attached hydrogen (secondary N) is 1. The Bertz CT molecular complexity index is 576. The zero-order valence-electron chi connectivity index (χ0n) is 13.4. The largest absolute Gasteiger partial charge is 0.480 e. The van der Waals surface area contributed by atoms with Crippen LogP contribution in [0.1, 0.15) is 19.8 Å². The van der Waals surface area contributed by atoms with E-state index in [9.17, 15) is 43.2 Å². The number of alkyl halides is 6. The van der Waals surface area contributed by atoms with Crippen molar-refractivity contribution in [3.63, 3.8) is 0 Å². The molecule has 0 aromatic carbocycles. The summed E-state index contributed by atoms with van der Waals surface area (Å²) >= 11 is 0. The molecule has 1 N–H and O–H groups in total. The first-order valence-electron chi connectivity index (χ1n) is 6.92. The van der Waals surface area contributed by atoms with Crippen molar-refractivity contribution in [2.24, 2.45) is 0 Å². The van der Waals surface area contributed by atoms with Crippen LogP contribution in [0, 0.1) is 0 Å². The Balaban J connectivity index is 0.000000496. The standard InChI is InChI=1S/C8H18N2.C2F6NO4S2/c1-3-4-5-10-7-6-9(2)8-10;3-1(4,5)14(10,11)9-15(12,13)2(6,7)8/h3-8H2,1-2H3;/q;-1/p+1. The van der Waals surface area contributed by atoms with Gasteiger partial charge in [0, 0.05) is 0 Å². The molecule has 1 rings (SSSR count). The zero-order valence-corrected chi connectivity index (χ0v) is 15.0. The van der Waals surface area contributed by atoms with Crippen molar-refractivity contribution in [1.29, 1.82) is 0 Å². The number of unbranched alkanes of at least 4 members (excludes halogenated alkanes) is 1. The fraction of sp³-hybridized carbons (Fsp3) is 1.00. The predicted molar refractivity (Wildman–Crippen MR) is 76.4 cm³/mol. The zero-order chi connectivity index (χ0) is 20.1. The first-order valence-corrected chi connectivity index (χ1v) is 9.80. The summed E-state index contributed by atoms with van der Waals surface area (Å²) in [6.07, 6.45) is 2.73. The molecule has 1 unspecified atom stereocenters. The van der Waals surface area contributed by atoms with Crippen molar-refractivity contribution in [1.82, 2.24) is 4.90 Å². The lowest BCUT2D eigenvalue weighted by molar-refractivity contribution is -0.891. The van der Waals surface area contributed by atoms with E-state index >= 15 is 0 Å². The van der Waals surface area contributed by atoms with Crippen LogP contribution >= 0.6 is 0 Å². The van der Waals surface area contributed by atoms with E-state index in [0.29, 0.717) is 0 Å². The molecule has 0 aromatic heterocycles. The maximum absolute atomic E-state index is 11.4. The topological polar surface area (TPSA) is 90.1 Å². The SMILES string of the molecule is CCCC[NH+]1CCN(C)C1.O=S(=O)([N-]S(=O)(=O)C(F)(F)F)C(F)(F)F. The smallest absolute Gasteiger partial charge is 0.421 e. The Hall–Kier alpha value is -0.640. The van der Waals surface area contributed by atoms with Crippen LogP contribution in [0.15, 0.2) is 0 Å². The summed E-state index contributed by atoms with van der Waals surface area (Å²) in [7, 11) is -11.2. The van der Waals surface area contributed by atoms with Gasteiger partial charge in [0.15, 0.2) is 20.0 Å². The van der Waals surface area contributed by atoms with Crippen molar-refractivity contribution in [3.05, 3.63) is 4.13 Å². The monoisotopic (exact) mass is 423 g/mol. The number of sulfonamides is 2. The Labute approximate surface area is 142 Å². The second-order valence-electron chi connectivity index (χ2n) is 5.26. The Morgan fingerprint density at radius 3 is 1.72 bits per heavy atom. The molecule has 1 atom stereocenters. The van der Waals surface area contributed by atoms with Crippen LogP contribution in [0.2, 0.25) is 0 Å². The lowest BCUT2D eigenvalue weighted by Gasteiger charge is -2.22. The highest BCUT2D eigenvalue weighted by molar-refractivity contribution is 8.13. The van der Waals surface area contributed by atoms with Crippen LogP contribution in [-0.2, 0) is 20.0 Å². The maximum Gasteiger partial charge on any atom is 0.480 e. The van der Waals surface area contributed by atoms with Gasteiger partial charge >= 0.3 is 11.0 Å².